The van der Waals surface area contributed by atoms with E-state index in [1.165, 1.54) is 23.9 Å². The van der Waals surface area contributed by atoms with Gasteiger partial charge in [0.1, 0.15) is 0 Å². The second-order valence-electron chi connectivity index (χ2n) is 4.22. The van der Waals surface area contributed by atoms with Gasteiger partial charge in [-0.2, -0.15) is 13.2 Å². The molecule has 0 fully saturated rings. The van der Waals surface area contributed by atoms with Crippen LogP contribution in [0, 0.1) is 0 Å². The molecule has 0 spiro atoms. The number of carbonyl (C=O) groups excluding carboxylic acids is 1. The maximum atomic E-state index is 12.4. The van der Waals surface area contributed by atoms with Crippen LogP contribution in [-0.2, 0) is 6.18 Å². The highest BCUT2D eigenvalue weighted by Crippen LogP contribution is 2.30. The van der Waals surface area contributed by atoms with E-state index in [2.05, 4.69) is 0 Å². The standard InChI is InChI=1S/C15H10ClF3OS/c16-12-3-1-2-4-14(12)21-9-13(20)10-5-7-11(8-6-10)15(17,18)19/h1-8H,9H2. The monoisotopic (exact) mass is 330 g/mol. The zero-order chi connectivity index (χ0) is 15.5. The zero-order valence-electron chi connectivity index (χ0n) is 10.7. The third kappa shape index (κ3) is 4.25. The quantitative estimate of drug-likeness (QED) is 0.556. The van der Waals surface area contributed by atoms with E-state index in [1.54, 1.807) is 24.3 Å². The van der Waals surface area contributed by atoms with Gasteiger partial charge < -0.3 is 0 Å². The first-order chi connectivity index (χ1) is 9.88. The fraction of sp³-hybridized carbons (Fsp3) is 0.133. The number of ketones is 1. The topological polar surface area (TPSA) is 17.1 Å². The van der Waals surface area contributed by atoms with Gasteiger partial charge in [-0.15, -0.1) is 11.8 Å². The fourth-order valence-corrected chi connectivity index (χ4v) is 2.77. The molecule has 0 heterocycles. The predicted molar refractivity (Wildman–Crippen MR) is 78.0 cm³/mol. The number of hydrogen-bond acceptors (Lipinski definition) is 2. The van der Waals surface area contributed by atoms with Crippen LogP contribution in [0.5, 0.6) is 0 Å². The van der Waals surface area contributed by atoms with Gasteiger partial charge in [0.05, 0.1) is 16.3 Å². The van der Waals surface area contributed by atoms with Gasteiger partial charge in [0.2, 0.25) is 0 Å². The fourth-order valence-electron chi connectivity index (χ4n) is 1.63. The summed E-state index contributed by atoms with van der Waals surface area (Å²) in [4.78, 5) is 12.7. The molecule has 0 unspecified atom stereocenters. The van der Waals surface area contributed by atoms with E-state index in [1.807, 2.05) is 0 Å². The molecule has 0 aliphatic carbocycles. The Hall–Kier alpha value is -1.46. The first kappa shape index (κ1) is 15.9. The maximum absolute atomic E-state index is 12.4. The van der Waals surface area contributed by atoms with Gasteiger partial charge in [-0.1, -0.05) is 35.9 Å². The number of benzene rings is 2. The molecule has 0 saturated carbocycles. The molecule has 1 nitrogen and oxygen atoms in total. The second-order valence-corrected chi connectivity index (χ2v) is 5.64. The summed E-state index contributed by atoms with van der Waals surface area (Å²) in [5.74, 6) is -0.122. The molecular formula is C15H10ClF3OS. The average molecular weight is 331 g/mol. The lowest BCUT2D eigenvalue weighted by Gasteiger charge is -2.07. The molecule has 2 rings (SSSR count). The number of alkyl halides is 3. The van der Waals surface area contributed by atoms with E-state index in [0.717, 1.165) is 17.0 Å². The van der Waals surface area contributed by atoms with Crippen LogP contribution >= 0.6 is 23.4 Å². The summed E-state index contributed by atoms with van der Waals surface area (Å²) in [5, 5.41) is 0.544. The molecule has 0 N–H and O–H groups in total. The van der Waals surface area contributed by atoms with Crippen molar-refractivity contribution >= 4 is 29.1 Å². The lowest BCUT2D eigenvalue weighted by molar-refractivity contribution is -0.137. The molecule has 2 aromatic rings. The Morgan fingerprint density at radius 3 is 2.24 bits per heavy atom. The number of thioether (sulfide) groups is 1. The van der Waals surface area contributed by atoms with E-state index >= 15 is 0 Å². The molecule has 0 saturated heterocycles. The number of rotatable bonds is 4. The van der Waals surface area contributed by atoms with Crippen LogP contribution in [0.25, 0.3) is 0 Å². The van der Waals surface area contributed by atoms with Crippen molar-refractivity contribution < 1.29 is 18.0 Å². The van der Waals surface area contributed by atoms with Crippen molar-refractivity contribution in [3.8, 4) is 0 Å². The first-order valence-corrected chi connectivity index (χ1v) is 7.32. The Bertz CT molecular complexity index is 638. The molecule has 0 bridgehead atoms. The smallest absolute Gasteiger partial charge is 0.293 e. The van der Waals surface area contributed by atoms with Crippen molar-refractivity contribution in [3.63, 3.8) is 0 Å². The molecule has 2 aromatic carbocycles. The minimum absolute atomic E-state index is 0.120. The van der Waals surface area contributed by atoms with Gasteiger partial charge in [-0.3, -0.25) is 4.79 Å². The van der Waals surface area contributed by atoms with Gasteiger partial charge in [0.15, 0.2) is 5.78 Å². The molecule has 0 aromatic heterocycles. The number of carbonyl (C=O) groups is 1. The third-order valence-corrected chi connectivity index (χ3v) is 4.24. The lowest BCUT2D eigenvalue weighted by Crippen LogP contribution is -2.07. The third-order valence-electron chi connectivity index (χ3n) is 2.73. The van der Waals surface area contributed by atoms with Crippen LogP contribution in [0.4, 0.5) is 13.2 Å². The van der Waals surface area contributed by atoms with Crippen LogP contribution in [0.2, 0.25) is 5.02 Å². The molecular weight excluding hydrogens is 321 g/mol. The molecule has 0 aliphatic rings. The van der Waals surface area contributed by atoms with E-state index in [4.69, 9.17) is 11.6 Å². The Morgan fingerprint density at radius 2 is 1.67 bits per heavy atom. The molecule has 0 amide bonds. The van der Waals surface area contributed by atoms with Crippen molar-refractivity contribution in [3.05, 3.63) is 64.7 Å². The highest BCUT2D eigenvalue weighted by molar-refractivity contribution is 8.00. The van der Waals surface area contributed by atoms with Gasteiger partial charge in [0.25, 0.3) is 0 Å². The van der Waals surface area contributed by atoms with Crippen molar-refractivity contribution in [1.29, 1.82) is 0 Å². The van der Waals surface area contributed by atoms with Crippen LogP contribution in [-0.4, -0.2) is 11.5 Å². The molecule has 21 heavy (non-hydrogen) atoms. The maximum Gasteiger partial charge on any atom is 0.416 e. The van der Waals surface area contributed by atoms with Crippen LogP contribution in [0.3, 0.4) is 0 Å². The minimum atomic E-state index is -4.39. The number of Topliss-reactive ketones (excluding diaryl/α,β-unsaturated/α-hetero) is 1. The Morgan fingerprint density at radius 1 is 1.05 bits per heavy atom. The highest BCUT2D eigenvalue weighted by Gasteiger charge is 2.30. The number of halogens is 4. The van der Waals surface area contributed by atoms with Gasteiger partial charge in [-0.05, 0) is 24.3 Å². The van der Waals surface area contributed by atoms with Crippen molar-refractivity contribution in [2.24, 2.45) is 0 Å². The minimum Gasteiger partial charge on any atom is -0.293 e. The summed E-state index contributed by atoms with van der Waals surface area (Å²) >= 11 is 7.22. The summed E-state index contributed by atoms with van der Waals surface area (Å²) in [5.41, 5.74) is -0.514. The number of hydrogen-bond donors (Lipinski definition) is 0. The SMILES string of the molecule is O=C(CSc1ccccc1Cl)c1ccc(C(F)(F)F)cc1. The van der Waals surface area contributed by atoms with Crippen LogP contribution in [0.15, 0.2) is 53.4 Å². The van der Waals surface area contributed by atoms with Crippen molar-refractivity contribution in [1.82, 2.24) is 0 Å². The van der Waals surface area contributed by atoms with Gasteiger partial charge >= 0.3 is 6.18 Å². The van der Waals surface area contributed by atoms with E-state index in [-0.39, 0.29) is 17.1 Å². The molecule has 0 atom stereocenters. The normalized spacial score (nSPS) is 11.4. The summed E-state index contributed by atoms with van der Waals surface area (Å²) < 4.78 is 37.3. The van der Waals surface area contributed by atoms with Crippen LogP contribution < -0.4 is 0 Å². The Balaban J connectivity index is 2.03. The summed E-state index contributed by atoms with van der Waals surface area (Å²) in [6, 6.07) is 11.3. The van der Waals surface area contributed by atoms with Crippen LogP contribution in [0.1, 0.15) is 15.9 Å². The predicted octanol–water partition coefficient (Wildman–Crippen LogP) is 5.33. The summed E-state index contributed by atoms with van der Waals surface area (Å²) in [7, 11) is 0. The van der Waals surface area contributed by atoms with Gasteiger partial charge in [-0.25, -0.2) is 0 Å². The second kappa shape index (κ2) is 6.54. The Labute approximate surface area is 129 Å². The van der Waals surface area contributed by atoms with E-state index in [9.17, 15) is 18.0 Å². The highest BCUT2D eigenvalue weighted by atomic mass is 35.5. The van der Waals surface area contributed by atoms with Crippen molar-refractivity contribution in [2.45, 2.75) is 11.1 Å². The molecule has 110 valence electrons. The van der Waals surface area contributed by atoms with Crippen molar-refractivity contribution in [2.75, 3.05) is 5.75 Å². The molecule has 0 radical (unpaired) electrons. The van der Waals surface area contributed by atoms with Gasteiger partial charge in [0, 0.05) is 10.5 Å². The Kier molecular flexibility index (Phi) is 4.96. The summed E-state index contributed by atoms with van der Waals surface area (Å²) in [6.45, 7) is 0. The van der Waals surface area contributed by atoms with E-state index < -0.39 is 11.7 Å². The molecule has 6 heteroatoms. The lowest BCUT2D eigenvalue weighted by atomic mass is 10.1. The zero-order valence-corrected chi connectivity index (χ0v) is 12.2. The largest absolute Gasteiger partial charge is 0.416 e. The average Bonchev–Trinajstić information content (AvgIpc) is 2.45. The summed E-state index contributed by atoms with van der Waals surface area (Å²) in [6.07, 6.45) is -4.39. The van der Waals surface area contributed by atoms with E-state index in [0.29, 0.717) is 5.02 Å². The molecule has 0 aliphatic heterocycles. The first-order valence-electron chi connectivity index (χ1n) is 5.96.